The zero-order valence-electron chi connectivity index (χ0n) is 15.3. The molecule has 3 aliphatic carbocycles. The second kappa shape index (κ2) is 6.92. The molecule has 0 aromatic heterocycles. The van der Waals surface area contributed by atoms with Crippen LogP contribution in [0.1, 0.15) is 41.4 Å². The van der Waals surface area contributed by atoms with E-state index in [4.69, 9.17) is 16.3 Å². The fraction of sp³-hybridized carbons (Fsp3) is 0.333. The first kappa shape index (κ1) is 19.8. The largest absolute Gasteiger partial charge is 0.456 e. The molecule has 1 N–H and O–H groups in total. The number of halogens is 4. The number of ether oxygens (including phenoxy) is 1. The molecular weight excluding hydrogens is 439 g/mol. The van der Waals surface area contributed by atoms with Crippen molar-refractivity contribution in [2.24, 2.45) is 5.92 Å². The molecule has 1 saturated carbocycles. The molecule has 2 bridgehead atoms. The molecule has 2 aromatic carbocycles. The van der Waals surface area contributed by atoms with E-state index in [0.29, 0.717) is 17.6 Å². The maximum absolute atomic E-state index is 12.8. The van der Waals surface area contributed by atoms with Crippen molar-refractivity contribution in [3.05, 3.63) is 58.1 Å². The summed E-state index contributed by atoms with van der Waals surface area (Å²) >= 11 is 7.04. The average molecular weight is 454 g/mol. The molecule has 1 unspecified atom stereocenters. The SMILES string of the molecule is O=C1NC(=O)C([C@H]2c3ccc(Oc4ccc(C(F)(F)F)cc4Cl)cc3C3CC2C3)S1. The van der Waals surface area contributed by atoms with Crippen LogP contribution in [0.4, 0.5) is 18.0 Å². The molecule has 2 amide bonds. The van der Waals surface area contributed by atoms with Crippen LogP contribution in [-0.2, 0) is 11.0 Å². The molecule has 1 saturated heterocycles. The lowest BCUT2D eigenvalue weighted by atomic mass is 9.56. The number of thioether (sulfide) groups is 1. The predicted molar refractivity (Wildman–Crippen MR) is 106 cm³/mol. The van der Waals surface area contributed by atoms with Gasteiger partial charge >= 0.3 is 6.18 Å². The zero-order valence-corrected chi connectivity index (χ0v) is 16.9. The van der Waals surface area contributed by atoms with Crippen LogP contribution in [-0.4, -0.2) is 16.4 Å². The number of benzene rings is 2. The summed E-state index contributed by atoms with van der Waals surface area (Å²) in [5, 5.41) is 1.49. The van der Waals surface area contributed by atoms with E-state index in [1.54, 1.807) is 6.07 Å². The molecule has 2 atom stereocenters. The van der Waals surface area contributed by atoms with E-state index in [9.17, 15) is 22.8 Å². The average Bonchev–Trinajstić information content (AvgIpc) is 2.98. The third kappa shape index (κ3) is 3.26. The van der Waals surface area contributed by atoms with Crippen molar-refractivity contribution in [2.45, 2.75) is 36.1 Å². The van der Waals surface area contributed by atoms with Crippen LogP contribution >= 0.6 is 23.4 Å². The number of rotatable bonds is 3. The summed E-state index contributed by atoms with van der Waals surface area (Å²) in [6.07, 6.45) is -2.59. The Balaban J connectivity index is 1.43. The van der Waals surface area contributed by atoms with Gasteiger partial charge in [0, 0.05) is 5.92 Å². The van der Waals surface area contributed by atoms with Crippen molar-refractivity contribution in [3.8, 4) is 11.5 Å². The molecule has 30 heavy (non-hydrogen) atoms. The van der Waals surface area contributed by atoms with Gasteiger partial charge in [-0.2, -0.15) is 13.2 Å². The lowest BCUT2D eigenvalue weighted by Crippen LogP contribution is -2.41. The Morgan fingerprint density at radius 3 is 2.47 bits per heavy atom. The standard InChI is InChI=1S/C21H15ClF3NO3S/c22-15-7-11(21(23,24)25)1-4-16(15)29-12-2-3-13-14(8-12)9-5-10(6-9)17(13)18-19(27)26-20(28)30-18/h1-4,7-10,17-18H,5-6H2,(H,26,27,28)/t9?,10?,17-,18?/m1/s1. The summed E-state index contributed by atoms with van der Waals surface area (Å²) < 4.78 is 44.3. The van der Waals surface area contributed by atoms with Gasteiger partial charge in [0.25, 0.3) is 5.24 Å². The molecule has 6 rings (SSSR count). The number of carbonyl (C=O) groups excluding carboxylic acids is 2. The zero-order chi connectivity index (χ0) is 21.2. The van der Waals surface area contributed by atoms with Crippen molar-refractivity contribution in [2.75, 3.05) is 0 Å². The van der Waals surface area contributed by atoms with E-state index in [1.165, 1.54) is 6.07 Å². The Hall–Kier alpha value is -2.19. The summed E-state index contributed by atoms with van der Waals surface area (Å²) in [4.78, 5) is 23.9. The monoisotopic (exact) mass is 453 g/mol. The minimum absolute atomic E-state index is 0.0369. The highest BCUT2D eigenvalue weighted by molar-refractivity contribution is 8.15. The third-order valence-electron chi connectivity index (χ3n) is 6.07. The van der Waals surface area contributed by atoms with Crippen LogP contribution in [0.15, 0.2) is 36.4 Å². The first-order valence-corrected chi connectivity index (χ1v) is 10.7. The predicted octanol–water partition coefficient (Wildman–Crippen LogP) is 6.09. The molecule has 4 nitrogen and oxygen atoms in total. The second-order valence-corrected chi connectivity index (χ2v) is 9.33. The highest BCUT2D eigenvalue weighted by Gasteiger charge is 2.51. The van der Waals surface area contributed by atoms with Gasteiger partial charge in [-0.1, -0.05) is 29.4 Å². The van der Waals surface area contributed by atoms with Gasteiger partial charge in [-0.25, -0.2) is 0 Å². The van der Waals surface area contributed by atoms with Gasteiger partial charge in [0.1, 0.15) is 16.7 Å². The summed E-state index contributed by atoms with van der Waals surface area (Å²) in [6, 6.07) is 8.47. The van der Waals surface area contributed by atoms with Gasteiger partial charge in [0.05, 0.1) is 10.6 Å². The van der Waals surface area contributed by atoms with E-state index in [2.05, 4.69) is 5.32 Å². The summed E-state index contributed by atoms with van der Waals surface area (Å²) in [7, 11) is 0. The minimum Gasteiger partial charge on any atom is -0.456 e. The fourth-order valence-electron chi connectivity index (χ4n) is 4.64. The maximum Gasteiger partial charge on any atom is 0.416 e. The highest BCUT2D eigenvalue weighted by atomic mass is 35.5. The molecule has 9 heteroatoms. The van der Waals surface area contributed by atoms with Crippen LogP contribution in [0.3, 0.4) is 0 Å². The number of nitrogens with one attached hydrogen (secondary N) is 1. The summed E-state index contributed by atoms with van der Waals surface area (Å²) in [5.74, 6) is 1.05. The molecule has 2 fully saturated rings. The van der Waals surface area contributed by atoms with Crippen molar-refractivity contribution in [1.82, 2.24) is 5.32 Å². The van der Waals surface area contributed by atoms with Crippen LogP contribution < -0.4 is 10.1 Å². The lowest BCUT2D eigenvalue weighted by Gasteiger charge is -2.49. The van der Waals surface area contributed by atoms with Gasteiger partial charge < -0.3 is 4.74 Å². The van der Waals surface area contributed by atoms with Crippen molar-refractivity contribution in [3.63, 3.8) is 0 Å². The van der Waals surface area contributed by atoms with Crippen molar-refractivity contribution < 1.29 is 27.5 Å². The Morgan fingerprint density at radius 1 is 1.07 bits per heavy atom. The van der Waals surface area contributed by atoms with Crippen LogP contribution in [0.25, 0.3) is 0 Å². The van der Waals surface area contributed by atoms with E-state index in [1.807, 2.05) is 12.1 Å². The lowest BCUT2D eigenvalue weighted by molar-refractivity contribution is -0.137. The number of amides is 2. The van der Waals surface area contributed by atoms with Gasteiger partial charge in [-0.15, -0.1) is 0 Å². The van der Waals surface area contributed by atoms with Crippen LogP contribution in [0.5, 0.6) is 11.5 Å². The molecule has 1 heterocycles. The molecule has 1 aliphatic heterocycles. The Bertz CT molecular complexity index is 1070. The molecule has 156 valence electrons. The topological polar surface area (TPSA) is 55.4 Å². The van der Waals surface area contributed by atoms with Crippen molar-refractivity contribution >= 4 is 34.5 Å². The number of carbonyl (C=O) groups is 2. The quantitative estimate of drug-likeness (QED) is 0.610. The van der Waals surface area contributed by atoms with E-state index in [0.717, 1.165) is 47.9 Å². The number of alkyl halides is 3. The minimum atomic E-state index is -4.48. The Kier molecular flexibility index (Phi) is 4.56. The number of imide groups is 1. The Labute approximate surface area is 179 Å². The fourth-order valence-corrected chi connectivity index (χ4v) is 5.93. The molecule has 4 aliphatic rings. The van der Waals surface area contributed by atoms with Gasteiger partial charge in [-0.3, -0.25) is 14.9 Å². The van der Waals surface area contributed by atoms with E-state index < -0.39 is 17.0 Å². The molecule has 2 aromatic rings. The second-order valence-electron chi connectivity index (χ2n) is 7.81. The maximum atomic E-state index is 12.8. The smallest absolute Gasteiger partial charge is 0.416 e. The van der Waals surface area contributed by atoms with Gasteiger partial charge in [0.15, 0.2) is 0 Å². The van der Waals surface area contributed by atoms with Crippen LogP contribution in [0, 0.1) is 5.92 Å². The summed E-state index contributed by atoms with van der Waals surface area (Å²) in [6.45, 7) is 0. The molecule has 0 spiro atoms. The molecule has 0 radical (unpaired) electrons. The number of hydrogen-bond acceptors (Lipinski definition) is 4. The molecular formula is C21H15ClF3NO3S. The first-order chi connectivity index (χ1) is 14.2. The highest BCUT2D eigenvalue weighted by Crippen LogP contribution is 2.59. The number of hydrogen-bond donors (Lipinski definition) is 1. The first-order valence-electron chi connectivity index (χ1n) is 9.40. The summed E-state index contributed by atoms with van der Waals surface area (Å²) in [5.41, 5.74) is 1.27. The van der Waals surface area contributed by atoms with Gasteiger partial charge in [-0.05, 0) is 66.1 Å². The van der Waals surface area contributed by atoms with Gasteiger partial charge in [0.2, 0.25) is 5.91 Å². The van der Waals surface area contributed by atoms with Crippen molar-refractivity contribution in [1.29, 1.82) is 0 Å². The normalized spacial score (nSPS) is 27.3. The third-order valence-corrected chi connectivity index (χ3v) is 7.44. The van der Waals surface area contributed by atoms with E-state index >= 15 is 0 Å². The Morgan fingerprint density at radius 2 is 1.83 bits per heavy atom. The van der Waals surface area contributed by atoms with E-state index in [-0.39, 0.29) is 27.8 Å². The van der Waals surface area contributed by atoms with Crippen LogP contribution in [0.2, 0.25) is 5.02 Å².